The normalized spacial score (nSPS) is 18.6. The molecule has 1 aliphatic heterocycles. The van der Waals surface area contributed by atoms with Crippen LogP contribution in [0.4, 0.5) is 0 Å². The van der Waals surface area contributed by atoms with E-state index < -0.39 is 0 Å². The van der Waals surface area contributed by atoms with Crippen LogP contribution in [-0.2, 0) is 18.3 Å². The number of piperidine rings is 1. The Morgan fingerprint density at radius 3 is 2.68 bits per heavy atom. The number of aryl methyl sites for hydroxylation is 1. The van der Waals surface area contributed by atoms with Crippen molar-refractivity contribution < 1.29 is 4.79 Å². The van der Waals surface area contributed by atoms with Crippen LogP contribution in [0.5, 0.6) is 0 Å². The summed E-state index contributed by atoms with van der Waals surface area (Å²) in [6, 6.07) is 5.95. The number of aromatic nitrogens is 4. The lowest BCUT2D eigenvalue weighted by Crippen LogP contribution is -2.38. The molecule has 0 aromatic carbocycles. The van der Waals surface area contributed by atoms with Gasteiger partial charge in [0.05, 0.1) is 30.4 Å². The zero-order valence-corrected chi connectivity index (χ0v) is 16.3. The number of Topliss-reactive ketones (excluding diaryl/α,β-unsaturated/α-hetero) is 1. The predicted octanol–water partition coefficient (Wildman–Crippen LogP) is 3.02. The van der Waals surface area contributed by atoms with Gasteiger partial charge < -0.3 is 0 Å². The van der Waals surface area contributed by atoms with Gasteiger partial charge in [-0.3, -0.25) is 19.4 Å². The van der Waals surface area contributed by atoms with E-state index in [0.29, 0.717) is 18.4 Å². The molecule has 4 heterocycles. The number of ketones is 1. The highest BCUT2D eigenvalue weighted by molar-refractivity contribution is 5.85. The summed E-state index contributed by atoms with van der Waals surface area (Å²) in [6.45, 7) is 2.67. The number of pyridine rings is 2. The third kappa shape index (κ3) is 3.56. The minimum atomic E-state index is 0.238. The first kappa shape index (κ1) is 17.5. The lowest BCUT2D eigenvalue weighted by molar-refractivity contribution is -0.120. The van der Waals surface area contributed by atoms with E-state index in [0.717, 1.165) is 40.9 Å². The molecule has 144 valence electrons. The Balaban J connectivity index is 1.28. The van der Waals surface area contributed by atoms with Crippen LogP contribution in [0.2, 0.25) is 0 Å². The van der Waals surface area contributed by atoms with E-state index in [-0.39, 0.29) is 5.78 Å². The van der Waals surface area contributed by atoms with Crippen molar-refractivity contribution in [1.82, 2.24) is 24.6 Å². The molecule has 0 amide bonds. The fourth-order valence-corrected chi connectivity index (χ4v) is 4.24. The fraction of sp³-hybridized carbons (Fsp3) is 0.455. The first-order chi connectivity index (χ1) is 13.6. The molecule has 5 rings (SSSR count). The topological polar surface area (TPSA) is 63.9 Å². The third-order valence-corrected chi connectivity index (χ3v) is 6.28. The van der Waals surface area contributed by atoms with Crippen LogP contribution < -0.4 is 0 Å². The molecule has 0 atom stereocenters. The maximum atomic E-state index is 12.6. The molecule has 28 heavy (non-hydrogen) atoms. The Hall–Kier alpha value is -2.60. The molecule has 2 fully saturated rings. The average Bonchev–Trinajstić information content (AvgIpc) is 3.31. The van der Waals surface area contributed by atoms with Crippen LogP contribution in [-0.4, -0.2) is 50.1 Å². The van der Waals surface area contributed by atoms with Crippen molar-refractivity contribution in [2.45, 2.75) is 32.1 Å². The number of carbonyl (C=O) groups is 1. The SMILES string of the molecule is Cn1cc(-c2ccc3cnc(CC(=O)CN4CCC5(CC4)CC5)cc3n2)cn1. The molecule has 0 unspecified atom stereocenters. The van der Waals surface area contributed by atoms with Crippen LogP contribution in [0.1, 0.15) is 31.4 Å². The zero-order chi connectivity index (χ0) is 19.1. The molecule has 2 aliphatic rings. The standard InChI is InChI=1S/C22H25N5O/c1-26-14-17(13-24-26)20-3-2-16-12-23-18(11-21(16)25-20)10-19(28)15-27-8-6-22(4-5-22)7-9-27/h2-3,11-14H,4-10,15H2,1H3. The second kappa shape index (κ2) is 6.78. The quantitative estimate of drug-likeness (QED) is 0.686. The maximum absolute atomic E-state index is 12.6. The summed E-state index contributed by atoms with van der Waals surface area (Å²) < 4.78 is 1.77. The number of likely N-dealkylation sites (tertiary alicyclic amines) is 1. The van der Waals surface area contributed by atoms with Crippen molar-refractivity contribution in [1.29, 1.82) is 0 Å². The van der Waals surface area contributed by atoms with Gasteiger partial charge in [0.1, 0.15) is 0 Å². The van der Waals surface area contributed by atoms with Crippen molar-refractivity contribution >= 4 is 16.7 Å². The summed E-state index contributed by atoms with van der Waals surface area (Å²) in [6.07, 6.45) is 11.2. The van der Waals surface area contributed by atoms with E-state index in [1.165, 1.54) is 25.7 Å². The molecule has 1 saturated carbocycles. The van der Waals surface area contributed by atoms with Crippen LogP contribution in [0, 0.1) is 5.41 Å². The van der Waals surface area contributed by atoms with Gasteiger partial charge in [0, 0.05) is 36.1 Å². The molecule has 1 saturated heterocycles. The van der Waals surface area contributed by atoms with Crippen LogP contribution in [0.3, 0.4) is 0 Å². The van der Waals surface area contributed by atoms with Crippen molar-refractivity contribution in [3.05, 3.63) is 42.5 Å². The van der Waals surface area contributed by atoms with Gasteiger partial charge in [-0.15, -0.1) is 0 Å². The Morgan fingerprint density at radius 1 is 1.14 bits per heavy atom. The Kier molecular flexibility index (Phi) is 4.23. The monoisotopic (exact) mass is 375 g/mol. The van der Waals surface area contributed by atoms with E-state index in [1.807, 2.05) is 43.8 Å². The summed E-state index contributed by atoms with van der Waals surface area (Å²) in [5.41, 5.74) is 4.18. The number of nitrogens with zero attached hydrogens (tertiary/aromatic N) is 5. The Labute approximate surface area is 164 Å². The van der Waals surface area contributed by atoms with Crippen molar-refractivity contribution in [3.63, 3.8) is 0 Å². The van der Waals surface area contributed by atoms with Crippen LogP contribution >= 0.6 is 0 Å². The van der Waals surface area contributed by atoms with Crippen LogP contribution in [0.15, 0.2) is 36.8 Å². The second-order valence-corrected chi connectivity index (χ2v) is 8.46. The first-order valence-electron chi connectivity index (χ1n) is 10.1. The summed E-state index contributed by atoms with van der Waals surface area (Å²) in [7, 11) is 1.89. The number of fused-ring (bicyclic) bond motifs is 1. The summed E-state index contributed by atoms with van der Waals surface area (Å²) >= 11 is 0. The van der Waals surface area contributed by atoms with Crippen LogP contribution in [0.25, 0.3) is 22.2 Å². The lowest BCUT2D eigenvalue weighted by atomic mass is 9.93. The summed E-state index contributed by atoms with van der Waals surface area (Å²) in [5, 5.41) is 5.19. The van der Waals surface area contributed by atoms with Gasteiger partial charge in [0.25, 0.3) is 0 Å². The molecule has 0 N–H and O–H groups in total. The molecule has 3 aromatic heterocycles. The van der Waals surface area contributed by atoms with E-state index in [4.69, 9.17) is 4.98 Å². The highest BCUT2D eigenvalue weighted by Gasteiger charge is 2.44. The first-order valence-corrected chi connectivity index (χ1v) is 10.1. The molecule has 0 bridgehead atoms. The summed E-state index contributed by atoms with van der Waals surface area (Å²) in [5.74, 6) is 0.238. The smallest absolute Gasteiger partial charge is 0.152 e. The molecule has 3 aromatic rings. The van der Waals surface area contributed by atoms with E-state index in [1.54, 1.807) is 4.68 Å². The maximum Gasteiger partial charge on any atom is 0.152 e. The van der Waals surface area contributed by atoms with Gasteiger partial charge in [-0.2, -0.15) is 5.10 Å². The zero-order valence-electron chi connectivity index (χ0n) is 16.3. The third-order valence-electron chi connectivity index (χ3n) is 6.28. The number of carbonyl (C=O) groups excluding carboxylic acids is 1. The second-order valence-electron chi connectivity index (χ2n) is 8.46. The molecule has 1 spiro atoms. The van der Waals surface area contributed by atoms with Crippen molar-refractivity contribution in [2.75, 3.05) is 19.6 Å². The van der Waals surface area contributed by atoms with Gasteiger partial charge in [0.15, 0.2) is 5.78 Å². The highest BCUT2D eigenvalue weighted by atomic mass is 16.1. The molecular weight excluding hydrogens is 350 g/mol. The van der Waals surface area contributed by atoms with E-state index >= 15 is 0 Å². The lowest BCUT2D eigenvalue weighted by Gasteiger charge is -2.31. The van der Waals surface area contributed by atoms with E-state index in [9.17, 15) is 4.79 Å². The van der Waals surface area contributed by atoms with E-state index in [2.05, 4.69) is 15.0 Å². The van der Waals surface area contributed by atoms with Gasteiger partial charge in [-0.05, 0) is 62.4 Å². The number of hydrogen-bond donors (Lipinski definition) is 0. The molecule has 6 heteroatoms. The summed E-state index contributed by atoms with van der Waals surface area (Å²) in [4.78, 5) is 24.1. The largest absolute Gasteiger partial charge is 0.298 e. The molecular formula is C22H25N5O. The minimum absolute atomic E-state index is 0.238. The van der Waals surface area contributed by atoms with Gasteiger partial charge in [0.2, 0.25) is 0 Å². The fourth-order valence-electron chi connectivity index (χ4n) is 4.24. The highest BCUT2D eigenvalue weighted by Crippen LogP contribution is 2.53. The number of rotatable bonds is 5. The van der Waals surface area contributed by atoms with Gasteiger partial charge in [-0.1, -0.05) is 0 Å². The molecule has 1 aliphatic carbocycles. The minimum Gasteiger partial charge on any atom is -0.298 e. The predicted molar refractivity (Wildman–Crippen MR) is 108 cm³/mol. The average molecular weight is 375 g/mol. The van der Waals surface area contributed by atoms with Crippen molar-refractivity contribution in [3.8, 4) is 11.3 Å². The van der Waals surface area contributed by atoms with Gasteiger partial charge in [-0.25, -0.2) is 4.98 Å². The number of hydrogen-bond acceptors (Lipinski definition) is 5. The Morgan fingerprint density at radius 2 is 1.96 bits per heavy atom. The molecule has 0 radical (unpaired) electrons. The molecule has 6 nitrogen and oxygen atoms in total. The Bertz CT molecular complexity index is 1030. The van der Waals surface area contributed by atoms with Gasteiger partial charge >= 0.3 is 0 Å². The van der Waals surface area contributed by atoms with Crippen molar-refractivity contribution in [2.24, 2.45) is 12.5 Å².